The van der Waals surface area contributed by atoms with Crippen LogP contribution < -0.4 is 4.90 Å². The molecule has 210 valence electrons. The monoisotopic (exact) mass is 557 g/mol. The third-order valence-corrected chi connectivity index (χ3v) is 9.76. The highest BCUT2D eigenvalue weighted by molar-refractivity contribution is 6.10. The predicted molar refractivity (Wildman–Crippen MR) is 178 cm³/mol. The molecule has 1 aliphatic carbocycles. The van der Waals surface area contributed by atoms with Crippen LogP contribution in [0.15, 0.2) is 152 Å². The fourth-order valence-electron chi connectivity index (χ4n) is 7.57. The zero-order valence-corrected chi connectivity index (χ0v) is 24.9. The summed E-state index contributed by atoms with van der Waals surface area (Å²) in [6, 6.07) is 48.5. The molecular formula is C41H35NO. The summed E-state index contributed by atoms with van der Waals surface area (Å²) < 4.78 is 0. The molecule has 3 atom stereocenters. The van der Waals surface area contributed by atoms with E-state index in [0.29, 0.717) is 0 Å². The molecule has 2 heteroatoms. The van der Waals surface area contributed by atoms with Crippen LogP contribution in [0.5, 0.6) is 0 Å². The summed E-state index contributed by atoms with van der Waals surface area (Å²) in [6.45, 7) is 4.47. The van der Waals surface area contributed by atoms with Crippen LogP contribution in [0, 0.1) is 12.8 Å². The summed E-state index contributed by atoms with van der Waals surface area (Å²) in [7, 11) is 2.18. The zero-order chi connectivity index (χ0) is 29.6. The lowest BCUT2D eigenvalue weighted by molar-refractivity contribution is 0.0892. The molecular weight excluding hydrogens is 522 g/mol. The number of likely N-dealkylation sites (N-methyl/N-ethyl adjacent to an activating group) is 1. The molecule has 0 amide bonds. The van der Waals surface area contributed by atoms with Crippen molar-refractivity contribution in [3.8, 4) is 0 Å². The Morgan fingerprint density at radius 1 is 0.674 bits per heavy atom. The second-order valence-corrected chi connectivity index (χ2v) is 12.0. The number of hydrogen-bond donors (Lipinski definition) is 0. The molecule has 7 rings (SSSR count). The maximum Gasteiger partial charge on any atom is 0.173 e. The van der Waals surface area contributed by atoms with Gasteiger partial charge in [-0.2, -0.15) is 0 Å². The lowest BCUT2D eigenvalue weighted by atomic mass is 9.54. The molecule has 5 aromatic rings. The molecule has 0 saturated heterocycles. The lowest BCUT2D eigenvalue weighted by Gasteiger charge is -2.53. The number of aryl methyl sites for hydroxylation is 1. The molecule has 0 N–H and O–H groups in total. The van der Waals surface area contributed by atoms with Crippen LogP contribution >= 0.6 is 0 Å². The number of para-hydroxylation sites is 1. The Hall–Kier alpha value is -4.95. The number of ketones is 1. The van der Waals surface area contributed by atoms with Crippen molar-refractivity contribution in [1.82, 2.24) is 0 Å². The van der Waals surface area contributed by atoms with Crippen molar-refractivity contribution in [1.29, 1.82) is 0 Å². The van der Waals surface area contributed by atoms with Gasteiger partial charge in [0.25, 0.3) is 0 Å². The molecule has 0 aromatic heterocycles. The van der Waals surface area contributed by atoms with Gasteiger partial charge in [0.05, 0.1) is 11.5 Å². The number of hydrogen-bond acceptors (Lipinski definition) is 2. The van der Waals surface area contributed by atoms with E-state index in [1.807, 2.05) is 36.4 Å². The molecule has 5 aromatic carbocycles. The summed E-state index contributed by atoms with van der Waals surface area (Å²) in [5, 5.41) is 0. The largest absolute Gasteiger partial charge is 0.363 e. The van der Waals surface area contributed by atoms with Gasteiger partial charge in [0.1, 0.15) is 0 Å². The summed E-state index contributed by atoms with van der Waals surface area (Å²) >= 11 is 0. The van der Waals surface area contributed by atoms with E-state index in [0.717, 1.165) is 33.5 Å². The van der Waals surface area contributed by atoms with Gasteiger partial charge in [-0.15, -0.1) is 0 Å². The van der Waals surface area contributed by atoms with Crippen molar-refractivity contribution in [2.75, 3.05) is 11.9 Å². The number of carbonyl (C=O) groups excluding carboxylic acids is 1. The number of allylic oxidation sites excluding steroid dienone is 2. The van der Waals surface area contributed by atoms with Crippen molar-refractivity contribution in [2.45, 2.75) is 24.8 Å². The van der Waals surface area contributed by atoms with Gasteiger partial charge in [-0.25, -0.2) is 0 Å². The molecule has 1 aliphatic heterocycles. The first-order valence-corrected chi connectivity index (χ1v) is 15.0. The van der Waals surface area contributed by atoms with Crippen molar-refractivity contribution >= 4 is 22.6 Å². The number of nitrogens with zero attached hydrogens (tertiary/aromatic N) is 1. The normalized spacial score (nSPS) is 22.6. The van der Waals surface area contributed by atoms with Gasteiger partial charge in [0.15, 0.2) is 5.78 Å². The van der Waals surface area contributed by atoms with E-state index in [1.54, 1.807) is 0 Å². The number of carbonyl (C=O) groups is 1. The molecule has 2 aliphatic rings. The van der Waals surface area contributed by atoms with Crippen LogP contribution in [0.2, 0.25) is 0 Å². The van der Waals surface area contributed by atoms with Gasteiger partial charge in [-0.05, 0) is 65.5 Å². The maximum absolute atomic E-state index is 15.2. The van der Waals surface area contributed by atoms with Crippen LogP contribution in [0.25, 0.3) is 11.1 Å². The second kappa shape index (κ2) is 10.4. The van der Waals surface area contributed by atoms with Crippen LogP contribution in [0.1, 0.15) is 45.1 Å². The maximum atomic E-state index is 15.2. The minimum absolute atomic E-state index is 0.122. The third kappa shape index (κ3) is 4.05. The Morgan fingerprint density at radius 3 is 1.88 bits per heavy atom. The first kappa shape index (κ1) is 26.9. The first-order chi connectivity index (χ1) is 20.9. The standard InChI is InChI=1S/C41H35NO/c1-29-23-25-34(26-24-29)40(2)36-21-13-14-22-37(36)42(3)41(40)28-33(30-15-7-4-8-16-30)27-35(31-17-9-5-10-18-31)38(41)39(43)32-19-11-6-12-20-32/h4-28,38H,1-3H3/t38-,40+,41-/m0/s1. The molecule has 0 saturated carbocycles. The minimum Gasteiger partial charge on any atom is -0.363 e. The Labute approximate surface area is 254 Å². The predicted octanol–water partition coefficient (Wildman–Crippen LogP) is 9.17. The van der Waals surface area contributed by atoms with E-state index in [1.165, 1.54) is 16.7 Å². The summed E-state index contributed by atoms with van der Waals surface area (Å²) in [5.74, 6) is -0.370. The summed E-state index contributed by atoms with van der Waals surface area (Å²) in [4.78, 5) is 17.6. The molecule has 2 nitrogen and oxygen atoms in total. The molecule has 43 heavy (non-hydrogen) atoms. The summed E-state index contributed by atoms with van der Waals surface area (Å²) in [6.07, 6.45) is 4.66. The SMILES string of the molecule is Cc1ccc([C@]2(C)c3ccccc3N(C)[C@]23C=C(c2ccccc2)C=C(c2ccccc2)[C@H]3C(=O)c2ccccc2)cc1. The van der Waals surface area contributed by atoms with E-state index < -0.39 is 16.9 Å². The van der Waals surface area contributed by atoms with E-state index in [2.05, 4.69) is 141 Å². The average molecular weight is 558 g/mol. The zero-order valence-electron chi connectivity index (χ0n) is 24.9. The van der Waals surface area contributed by atoms with Gasteiger partial charge >= 0.3 is 0 Å². The average Bonchev–Trinajstić information content (AvgIpc) is 3.25. The Bertz CT molecular complexity index is 1850. The van der Waals surface area contributed by atoms with Crippen LogP contribution in [0.3, 0.4) is 0 Å². The highest BCUT2D eigenvalue weighted by Crippen LogP contribution is 2.62. The molecule has 1 heterocycles. The number of benzene rings is 5. The van der Waals surface area contributed by atoms with Gasteiger partial charge in [-0.1, -0.05) is 139 Å². The fraction of sp³-hybridized carbons (Fsp3) is 0.146. The Kier molecular flexibility index (Phi) is 6.51. The van der Waals surface area contributed by atoms with Gasteiger partial charge in [0.2, 0.25) is 0 Å². The summed E-state index contributed by atoms with van der Waals surface area (Å²) in [5.41, 5.74) is 8.54. The van der Waals surface area contributed by atoms with Crippen molar-refractivity contribution in [3.63, 3.8) is 0 Å². The fourth-order valence-corrected chi connectivity index (χ4v) is 7.57. The van der Waals surface area contributed by atoms with E-state index in [9.17, 15) is 0 Å². The minimum atomic E-state index is -0.760. The van der Waals surface area contributed by atoms with Gasteiger partial charge in [0, 0.05) is 23.7 Å². The Morgan fingerprint density at radius 2 is 1.23 bits per heavy atom. The van der Waals surface area contributed by atoms with Crippen LogP contribution in [-0.4, -0.2) is 18.4 Å². The van der Waals surface area contributed by atoms with Crippen LogP contribution in [-0.2, 0) is 5.41 Å². The molecule has 0 unspecified atom stereocenters. The second-order valence-electron chi connectivity index (χ2n) is 12.0. The number of Topliss-reactive ketones (excluding diaryl/α,β-unsaturated/α-hetero) is 1. The highest BCUT2D eigenvalue weighted by atomic mass is 16.1. The molecule has 0 bridgehead atoms. The van der Waals surface area contributed by atoms with E-state index in [4.69, 9.17) is 0 Å². The quantitative estimate of drug-likeness (QED) is 0.201. The topological polar surface area (TPSA) is 20.3 Å². The van der Waals surface area contributed by atoms with E-state index in [-0.39, 0.29) is 5.78 Å². The number of rotatable bonds is 5. The smallest absolute Gasteiger partial charge is 0.173 e. The van der Waals surface area contributed by atoms with Crippen LogP contribution in [0.4, 0.5) is 5.69 Å². The lowest BCUT2D eigenvalue weighted by Crippen LogP contribution is -2.62. The van der Waals surface area contributed by atoms with Crippen molar-refractivity contribution < 1.29 is 4.79 Å². The number of fused-ring (bicyclic) bond motifs is 1. The van der Waals surface area contributed by atoms with Gasteiger partial charge in [-0.3, -0.25) is 4.79 Å². The van der Waals surface area contributed by atoms with Gasteiger partial charge < -0.3 is 4.90 Å². The highest BCUT2D eigenvalue weighted by Gasteiger charge is 2.64. The van der Waals surface area contributed by atoms with Crippen molar-refractivity contribution in [2.24, 2.45) is 5.92 Å². The molecule has 0 radical (unpaired) electrons. The Balaban J connectivity index is 1.62. The third-order valence-electron chi connectivity index (χ3n) is 9.76. The number of anilines is 1. The molecule has 1 spiro atoms. The molecule has 0 fully saturated rings. The van der Waals surface area contributed by atoms with E-state index >= 15 is 4.79 Å². The van der Waals surface area contributed by atoms with Crippen molar-refractivity contribution in [3.05, 3.63) is 185 Å². The first-order valence-electron chi connectivity index (χ1n) is 15.0.